The van der Waals surface area contributed by atoms with E-state index in [4.69, 9.17) is 9.15 Å². The van der Waals surface area contributed by atoms with Gasteiger partial charge in [0, 0.05) is 11.8 Å². The monoisotopic (exact) mass is 294 g/mol. The summed E-state index contributed by atoms with van der Waals surface area (Å²) in [4.78, 5) is 7.70. The van der Waals surface area contributed by atoms with Crippen LogP contribution in [0.4, 0.5) is 13.2 Å². The smallest absolute Gasteiger partial charge is 0.417 e. The summed E-state index contributed by atoms with van der Waals surface area (Å²) in [5.74, 6) is 0.867. The number of hydrogen-bond donors (Lipinski definition) is 0. The maximum absolute atomic E-state index is 12.6. The van der Waals surface area contributed by atoms with E-state index in [2.05, 4.69) is 9.97 Å². The maximum Gasteiger partial charge on any atom is 0.417 e. The number of rotatable bonds is 2. The summed E-state index contributed by atoms with van der Waals surface area (Å²) in [5, 5.41) is 0. The SMILES string of the molecule is COc1ccc(-c2nc3cc(C(F)(F)F)cnc3o2)cc1. The summed E-state index contributed by atoms with van der Waals surface area (Å²) in [6.45, 7) is 0. The number of halogens is 3. The van der Waals surface area contributed by atoms with Crippen molar-refractivity contribution in [1.29, 1.82) is 0 Å². The molecule has 21 heavy (non-hydrogen) atoms. The molecule has 0 amide bonds. The molecule has 0 aliphatic carbocycles. The van der Waals surface area contributed by atoms with E-state index in [1.54, 1.807) is 24.3 Å². The largest absolute Gasteiger partial charge is 0.497 e. The standard InChI is InChI=1S/C14H9F3N2O2/c1-20-10-4-2-8(3-5-10)12-19-11-6-9(14(15,16)17)7-18-13(11)21-12/h2-7H,1H3. The van der Waals surface area contributed by atoms with Crippen molar-refractivity contribution in [3.63, 3.8) is 0 Å². The molecule has 0 spiro atoms. The Morgan fingerprint density at radius 1 is 1.14 bits per heavy atom. The molecule has 0 atom stereocenters. The summed E-state index contributed by atoms with van der Waals surface area (Å²) in [5.41, 5.74) is -0.101. The first-order valence-electron chi connectivity index (χ1n) is 5.95. The molecule has 2 aromatic heterocycles. The van der Waals surface area contributed by atoms with Gasteiger partial charge >= 0.3 is 6.18 Å². The molecule has 1 aromatic carbocycles. The van der Waals surface area contributed by atoms with Crippen molar-refractivity contribution in [1.82, 2.24) is 9.97 Å². The number of nitrogens with zero attached hydrogens (tertiary/aromatic N) is 2. The van der Waals surface area contributed by atoms with Crippen LogP contribution < -0.4 is 4.74 Å². The van der Waals surface area contributed by atoms with Gasteiger partial charge in [0.1, 0.15) is 11.3 Å². The van der Waals surface area contributed by atoms with Gasteiger partial charge in [0.25, 0.3) is 0 Å². The molecule has 0 radical (unpaired) electrons. The molecule has 0 aliphatic heterocycles. The van der Waals surface area contributed by atoms with Gasteiger partial charge in [0.05, 0.1) is 12.7 Å². The lowest BCUT2D eigenvalue weighted by Crippen LogP contribution is -2.04. The second kappa shape index (κ2) is 4.76. The van der Waals surface area contributed by atoms with E-state index in [1.165, 1.54) is 7.11 Å². The van der Waals surface area contributed by atoms with E-state index in [0.29, 0.717) is 11.3 Å². The molecule has 0 fully saturated rings. The fourth-order valence-electron chi connectivity index (χ4n) is 1.84. The van der Waals surface area contributed by atoms with Crippen molar-refractivity contribution in [2.24, 2.45) is 0 Å². The minimum Gasteiger partial charge on any atom is -0.497 e. The number of alkyl halides is 3. The van der Waals surface area contributed by atoms with Crippen LogP contribution in [-0.4, -0.2) is 17.1 Å². The number of benzene rings is 1. The molecule has 0 N–H and O–H groups in total. The third-order valence-electron chi connectivity index (χ3n) is 2.91. The van der Waals surface area contributed by atoms with Crippen LogP contribution in [0.3, 0.4) is 0 Å². The molecule has 7 heteroatoms. The summed E-state index contributed by atoms with van der Waals surface area (Å²) >= 11 is 0. The van der Waals surface area contributed by atoms with Crippen molar-refractivity contribution < 1.29 is 22.3 Å². The molecule has 0 bridgehead atoms. The first-order valence-corrected chi connectivity index (χ1v) is 5.95. The van der Waals surface area contributed by atoms with Crippen LogP contribution in [0.15, 0.2) is 40.9 Å². The van der Waals surface area contributed by atoms with Crippen LogP contribution in [0.2, 0.25) is 0 Å². The fourth-order valence-corrected chi connectivity index (χ4v) is 1.84. The molecule has 0 saturated heterocycles. The Bertz CT molecular complexity index is 779. The second-order valence-electron chi connectivity index (χ2n) is 4.29. The Morgan fingerprint density at radius 3 is 2.48 bits per heavy atom. The van der Waals surface area contributed by atoms with Gasteiger partial charge < -0.3 is 9.15 Å². The predicted octanol–water partition coefficient (Wildman–Crippen LogP) is 3.92. The number of fused-ring (bicyclic) bond motifs is 1. The average molecular weight is 294 g/mol. The molecular formula is C14H9F3N2O2. The first-order chi connectivity index (χ1) is 9.97. The predicted molar refractivity (Wildman–Crippen MR) is 68.8 cm³/mol. The van der Waals surface area contributed by atoms with E-state index < -0.39 is 11.7 Å². The quantitative estimate of drug-likeness (QED) is 0.718. The lowest BCUT2D eigenvalue weighted by Gasteiger charge is -2.03. The van der Waals surface area contributed by atoms with Crippen LogP contribution in [0, 0.1) is 0 Å². The molecule has 3 rings (SSSR count). The van der Waals surface area contributed by atoms with Gasteiger partial charge in [-0.25, -0.2) is 9.97 Å². The number of hydrogen-bond acceptors (Lipinski definition) is 4. The fraction of sp³-hybridized carbons (Fsp3) is 0.143. The van der Waals surface area contributed by atoms with E-state index in [0.717, 1.165) is 12.3 Å². The van der Waals surface area contributed by atoms with Gasteiger partial charge in [-0.3, -0.25) is 0 Å². The topological polar surface area (TPSA) is 48.2 Å². The molecule has 4 nitrogen and oxygen atoms in total. The summed E-state index contributed by atoms with van der Waals surface area (Å²) in [6, 6.07) is 7.73. The lowest BCUT2D eigenvalue weighted by molar-refractivity contribution is -0.137. The molecule has 2 heterocycles. The Labute approximate surface area is 117 Å². The number of methoxy groups -OCH3 is 1. The Balaban J connectivity index is 2.04. The van der Waals surface area contributed by atoms with Crippen LogP contribution in [0.1, 0.15) is 5.56 Å². The van der Waals surface area contributed by atoms with Gasteiger partial charge in [-0.15, -0.1) is 0 Å². The number of aromatic nitrogens is 2. The number of ether oxygens (including phenoxy) is 1. The molecule has 108 valence electrons. The van der Waals surface area contributed by atoms with Crippen LogP contribution in [0.25, 0.3) is 22.7 Å². The zero-order valence-electron chi connectivity index (χ0n) is 10.8. The van der Waals surface area contributed by atoms with Crippen LogP contribution >= 0.6 is 0 Å². The normalized spacial score (nSPS) is 11.8. The Morgan fingerprint density at radius 2 is 1.86 bits per heavy atom. The number of oxazole rings is 1. The molecule has 0 saturated carbocycles. The highest BCUT2D eigenvalue weighted by atomic mass is 19.4. The number of pyridine rings is 1. The highest BCUT2D eigenvalue weighted by Crippen LogP contribution is 2.31. The average Bonchev–Trinajstić information content (AvgIpc) is 2.89. The van der Waals surface area contributed by atoms with Gasteiger partial charge in [-0.05, 0) is 30.3 Å². The third kappa shape index (κ3) is 2.54. The zero-order chi connectivity index (χ0) is 15.0. The van der Waals surface area contributed by atoms with Crippen molar-refractivity contribution in [2.45, 2.75) is 6.18 Å². The van der Waals surface area contributed by atoms with Gasteiger partial charge in [0.15, 0.2) is 0 Å². The second-order valence-corrected chi connectivity index (χ2v) is 4.29. The minimum absolute atomic E-state index is 0.0637. The third-order valence-corrected chi connectivity index (χ3v) is 2.91. The van der Waals surface area contributed by atoms with E-state index in [9.17, 15) is 13.2 Å². The van der Waals surface area contributed by atoms with E-state index >= 15 is 0 Å². The van der Waals surface area contributed by atoms with Crippen molar-refractivity contribution in [3.8, 4) is 17.2 Å². The highest BCUT2D eigenvalue weighted by Gasteiger charge is 2.31. The minimum atomic E-state index is -4.46. The van der Waals surface area contributed by atoms with Gasteiger partial charge in [-0.1, -0.05) is 0 Å². The molecule has 0 aliphatic rings. The van der Waals surface area contributed by atoms with E-state index in [-0.39, 0.29) is 17.1 Å². The summed E-state index contributed by atoms with van der Waals surface area (Å²) in [6.07, 6.45) is -3.73. The molecule has 3 aromatic rings. The van der Waals surface area contributed by atoms with Crippen molar-refractivity contribution >= 4 is 11.2 Å². The van der Waals surface area contributed by atoms with E-state index in [1.807, 2.05) is 0 Å². The van der Waals surface area contributed by atoms with Gasteiger partial charge in [-0.2, -0.15) is 13.2 Å². The molecule has 0 unspecified atom stereocenters. The lowest BCUT2D eigenvalue weighted by atomic mass is 10.2. The summed E-state index contributed by atoms with van der Waals surface area (Å²) < 4.78 is 48.2. The van der Waals surface area contributed by atoms with Gasteiger partial charge in [0.2, 0.25) is 11.6 Å². The molecular weight excluding hydrogens is 285 g/mol. The Kier molecular flexibility index (Phi) is 3.04. The zero-order valence-corrected chi connectivity index (χ0v) is 10.8. The Hall–Kier alpha value is -2.57. The summed E-state index contributed by atoms with van der Waals surface area (Å²) in [7, 11) is 1.54. The maximum atomic E-state index is 12.6. The van der Waals surface area contributed by atoms with Crippen LogP contribution in [-0.2, 0) is 6.18 Å². The first kappa shape index (κ1) is 13.4. The van der Waals surface area contributed by atoms with Crippen LogP contribution in [0.5, 0.6) is 5.75 Å². The van der Waals surface area contributed by atoms with Crippen molar-refractivity contribution in [3.05, 3.63) is 42.1 Å². The highest BCUT2D eigenvalue weighted by molar-refractivity contribution is 5.73. The van der Waals surface area contributed by atoms with Crippen molar-refractivity contribution in [2.75, 3.05) is 7.11 Å².